The van der Waals surface area contributed by atoms with Gasteiger partial charge < -0.3 is 10.8 Å². The van der Waals surface area contributed by atoms with E-state index in [9.17, 15) is 0 Å². The quantitative estimate of drug-likeness (QED) is 0.782. The van der Waals surface area contributed by atoms with Gasteiger partial charge in [-0.3, -0.25) is 0 Å². The molecule has 1 aromatic carbocycles. The molecule has 0 saturated carbocycles. The van der Waals surface area contributed by atoms with Gasteiger partial charge in [0.05, 0.1) is 0 Å². The molecule has 0 amide bonds. The van der Waals surface area contributed by atoms with Crippen molar-refractivity contribution < 1.29 is 5.11 Å². The fraction of sp³-hybridized carbons (Fsp3) is 0.400. The zero-order valence-corrected chi connectivity index (χ0v) is 8.33. The van der Waals surface area contributed by atoms with Crippen LogP contribution < -0.4 is 5.73 Å². The van der Waals surface area contributed by atoms with Crippen molar-refractivity contribution in [1.29, 1.82) is 0 Å². The summed E-state index contributed by atoms with van der Waals surface area (Å²) >= 11 is 0. The fourth-order valence-corrected chi connectivity index (χ4v) is 1.18. The van der Waals surface area contributed by atoms with Gasteiger partial charge >= 0.3 is 0 Å². The summed E-state index contributed by atoms with van der Waals surface area (Å²) in [6, 6.07) is 10.0. The van der Waals surface area contributed by atoms with Crippen LogP contribution in [0, 0.1) is 0 Å². The first kappa shape index (κ1) is 12.4. The Morgan fingerprint density at radius 2 is 1.85 bits per heavy atom. The molecule has 0 aromatic heterocycles. The second-order valence-corrected chi connectivity index (χ2v) is 2.88. The average Bonchev–Trinajstić information content (AvgIpc) is 2.15. The van der Waals surface area contributed by atoms with Crippen LogP contribution in [0.2, 0.25) is 0 Å². The van der Waals surface area contributed by atoms with Crippen molar-refractivity contribution in [3.63, 3.8) is 0 Å². The van der Waals surface area contributed by atoms with Crippen molar-refractivity contribution >= 4 is 12.4 Å². The lowest BCUT2D eigenvalue weighted by atomic mass is 10.0. The molecule has 0 fully saturated rings. The number of benzene rings is 1. The lowest BCUT2D eigenvalue weighted by molar-refractivity contribution is 0.280. The largest absolute Gasteiger partial charge is 0.396 e. The predicted molar refractivity (Wildman–Crippen MR) is 56.9 cm³/mol. The Labute approximate surface area is 85.2 Å². The van der Waals surface area contributed by atoms with E-state index in [4.69, 9.17) is 10.8 Å². The summed E-state index contributed by atoms with van der Waals surface area (Å²) in [7, 11) is 0. The third-order valence-electron chi connectivity index (χ3n) is 1.90. The molecule has 74 valence electrons. The van der Waals surface area contributed by atoms with Gasteiger partial charge in [-0.25, -0.2) is 0 Å². The first-order valence-electron chi connectivity index (χ1n) is 4.26. The highest BCUT2D eigenvalue weighted by molar-refractivity contribution is 5.85. The van der Waals surface area contributed by atoms with E-state index in [-0.39, 0.29) is 25.1 Å². The topological polar surface area (TPSA) is 46.2 Å². The molecule has 13 heavy (non-hydrogen) atoms. The number of halogens is 1. The van der Waals surface area contributed by atoms with Gasteiger partial charge in [0.25, 0.3) is 0 Å². The predicted octanol–water partition coefficient (Wildman–Crippen LogP) is 1.88. The molecule has 1 atom stereocenters. The van der Waals surface area contributed by atoms with Crippen molar-refractivity contribution in [3.8, 4) is 0 Å². The maximum Gasteiger partial charge on any atom is 0.0431 e. The van der Waals surface area contributed by atoms with E-state index in [1.54, 1.807) is 0 Å². The third kappa shape index (κ3) is 4.27. The van der Waals surface area contributed by atoms with Crippen molar-refractivity contribution in [2.24, 2.45) is 5.73 Å². The summed E-state index contributed by atoms with van der Waals surface area (Å²) < 4.78 is 0. The molecule has 2 nitrogen and oxygen atoms in total. The normalized spacial score (nSPS) is 11.8. The second kappa shape index (κ2) is 6.89. The maximum atomic E-state index is 8.61. The van der Waals surface area contributed by atoms with Gasteiger partial charge in [-0.05, 0) is 18.4 Å². The minimum Gasteiger partial charge on any atom is -0.396 e. The highest BCUT2D eigenvalue weighted by atomic mass is 35.5. The van der Waals surface area contributed by atoms with E-state index < -0.39 is 0 Å². The first-order chi connectivity index (χ1) is 5.84. The molecule has 0 aliphatic heterocycles. The van der Waals surface area contributed by atoms with E-state index in [0.717, 1.165) is 18.4 Å². The van der Waals surface area contributed by atoms with Crippen LogP contribution in [0.15, 0.2) is 30.3 Å². The Kier molecular flexibility index (Phi) is 6.59. The van der Waals surface area contributed by atoms with Gasteiger partial charge in [0, 0.05) is 12.6 Å². The van der Waals surface area contributed by atoms with Crippen LogP contribution >= 0.6 is 12.4 Å². The standard InChI is InChI=1S/C10H15NO.ClH/c11-10(7-4-8-12)9-5-2-1-3-6-9;/h1-3,5-6,10,12H,4,7-8,11H2;1H/t10-;/m1./s1. The van der Waals surface area contributed by atoms with Gasteiger partial charge in [-0.2, -0.15) is 0 Å². The highest BCUT2D eigenvalue weighted by Gasteiger charge is 2.03. The number of aliphatic hydroxyl groups is 1. The van der Waals surface area contributed by atoms with Gasteiger partial charge in [-0.15, -0.1) is 12.4 Å². The van der Waals surface area contributed by atoms with Crippen LogP contribution in [0.5, 0.6) is 0 Å². The molecule has 0 radical (unpaired) electrons. The Hall–Kier alpha value is -0.570. The Bertz CT molecular complexity index is 215. The summed E-state index contributed by atoms with van der Waals surface area (Å²) in [6.07, 6.45) is 1.62. The number of hydrogen-bond acceptors (Lipinski definition) is 2. The lowest BCUT2D eigenvalue weighted by Gasteiger charge is -2.10. The zero-order valence-electron chi connectivity index (χ0n) is 7.52. The highest BCUT2D eigenvalue weighted by Crippen LogP contribution is 2.14. The Morgan fingerprint density at radius 3 is 2.38 bits per heavy atom. The molecule has 0 aliphatic carbocycles. The summed E-state index contributed by atoms with van der Waals surface area (Å²) in [5.41, 5.74) is 7.01. The smallest absolute Gasteiger partial charge is 0.0431 e. The molecule has 0 spiro atoms. The van der Waals surface area contributed by atoms with E-state index >= 15 is 0 Å². The molecule has 0 bridgehead atoms. The molecule has 0 heterocycles. The molecule has 1 rings (SSSR count). The summed E-state index contributed by atoms with van der Waals surface area (Å²) in [6.45, 7) is 0.223. The van der Waals surface area contributed by atoms with Gasteiger partial charge in [-0.1, -0.05) is 30.3 Å². The van der Waals surface area contributed by atoms with Crippen molar-refractivity contribution in [2.75, 3.05) is 6.61 Å². The van der Waals surface area contributed by atoms with Crippen LogP contribution in [0.25, 0.3) is 0 Å². The number of hydrogen-bond donors (Lipinski definition) is 2. The van der Waals surface area contributed by atoms with Crippen LogP contribution in [0.4, 0.5) is 0 Å². The van der Waals surface area contributed by atoms with E-state index in [0.29, 0.717) is 0 Å². The summed E-state index contributed by atoms with van der Waals surface area (Å²) in [5.74, 6) is 0. The second-order valence-electron chi connectivity index (χ2n) is 2.88. The monoisotopic (exact) mass is 201 g/mol. The SMILES string of the molecule is Cl.N[C@H](CCCO)c1ccccc1. The van der Waals surface area contributed by atoms with Gasteiger partial charge in [0.1, 0.15) is 0 Å². The first-order valence-corrected chi connectivity index (χ1v) is 4.26. The van der Waals surface area contributed by atoms with E-state index in [2.05, 4.69) is 0 Å². The molecule has 0 saturated heterocycles. The van der Waals surface area contributed by atoms with Crippen LogP contribution in [0.3, 0.4) is 0 Å². The zero-order chi connectivity index (χ0) is 8.81. The molecule has 0 aliphatic rings. The fourth-order valence-electron chi connectivity index (χ4n) is 1.18. The van der Waals surface area contributed by atoms with Gasteiger partial charge in [0.2, 0.25) is 0 Å². The Balaban J connectivity index is 0.00000144. The molecule has 0 unspecified atom stereocenters. The third-order valence-corrected chi connectivity index (χ3v) is 1.90. The van der Waals surface area contributed by atoms with E-state index in [1.807, 2.05) is 30.3 Å². The van der Waals surface area contributed by atoms with Crippen LogP contribution in [-0.2, 0) is 0 Å². The molecule has 1 aromatic rings. The van der Waals surface area contributed by atoms with E-state index in [1.165, 1.54) is 0 Å². The lowest BCUT2D eigenvalue weighted by Crippen LogP contribution is -2.10. The van der Waals surface area contributed by atoms with Gasteiger partial charge in [0.15, 0.2) is 0 Å². The molecular formula is C10H16ClNO. The maximum absolute atomic E-state index is 8.61. The summed E-state index contributed by atoms with van der Waals surface area (Å²) in [5, 5.41) is 8.61. The molecule has 3 heteroatoms. The molecule has 3 N–H and O–H groups in total. The minimum atomic E-state index is 0. The molecular weight excluding hydrogens is 186 g/mol. The minimum absolute atomic E-state index is 0. The summed E-state index contributed by atoms with van der Waals surface area (Å²) in [4.78, 5) is 0. The average molecular weight is 202 g/mol. The number of rotatable bonds is 4. The van der Waals surface area contributed by atoms with Crippen molar-refractivity contribution in [2.45, 2.75) is 18.9 Å². The number of aliphatic hydroxyl groups excluding tert-OH is 1. The van der Waals surface area contributed by atoms with Crippen LogP contribution in [-0.4, -0.2) is 11.7 Å². The van der Waals surface area contributed by atoms with Crippen LogP contribution in [0.1, 0.15) is 24.4 Å². The Morgan fingerprint density at radius 1 is 1.23 bits per heavy atom. The van der Waals surface area contributed by atoms with Crippen molar-refractivity contribution in [3.05, 3.63) is 35.9 Å². The van der Waals surface area contributed by atoms with Crippen molar-refractivity contribution in [1.82, 2.24) is 0 Å². The number of nitrogens with two attached hydrogens (primary N) is 1.